The van der Waals surface area contributed by atoms with Gasteiger partial charge in [0.1, 0.15) is 0 Å². The van der Waals surface area contributed by atoms with Crippen molar-refractivity contribution in [2.75, 3.05) is 5.75 Å². The summed E-state index contributed by atoms with van der Waals surface area (Å²) in [5.41, 5.74) is 3.73. The smallest absolute Gasteiger partial charge is 0.321 e. The summed E-state index contributed by atoms with van der Waals surface area (Å²) >= 11 is 1.26. The Morgan fingerprint density at radius 1 is 1.00 bits per heavy atom. The SMILES string of the molecule is CC(C)NC(=O)NC(=O)CSc1nc(-c2ccccc2)c(-c2ccccc2)[nH]1. The third kappa shape index (κ3) is 5.23. The molecule has 3 N–H and O–H groups in total. The van der Waals surface area contributed by atoms with Crippen molar-refractivity contribution in [3.63, 3.8) is 0 Å². The topological polar surface area (TPSA) is 86.9 Å². The van der Waals surface area contributed by atoms with E-state index in [0.717, 1.165) is 22.5 Å². The number of benzene rings is 2. The van der Waals surface area contributed by atoms with Crippen LogP contribution >= 0.6 is 11.8 Å². The molecule has 1 heterocycles. The number of thioether (sulfide) groups is 1. The van der Waals surface area contributed by atoms with E-state index >= 15 is 0 Å². The standard InChI is InChI=1S/C21H22N4O2S/c1-14(2)22-20(27)23-17(26)13-28-21-24-18(15-9-5-3-6-10-15)19(25-21)16-11-7-4-8-12-16/h3-12,14H,13H2,1-2H3,(H,24,25)(H2,22,23,26,27). The number of hydrogen-bond donors (Lipinski definition) is 3. The van der Waals surface area contributed by atoms with Crippen LogP contribution in [-0.2, 0) is 4.79 Å². The highest BCUT2D eigenvalue weighted by atomic mass is 32.2. The number of amides is 3. The van der Waals surface area contributed by atoms with Gasteiger partial charge >= 0.3 is 6.03 Å². The van der Waals surface area contributed by atoms with Crippen LogP contribution in [0.1, 0.15) is 13.8 Å². The first-order valence-electron chi connectivity index (χ1n) is 8.97. The van der Waals surface area contributed by atoms with E-state index in [2.05, 4.69) is 20.6 Å². The Morgan fingerprint density at radius 3 is 2.21 bits per heavy atom. The summed E-state index contributed by atoms with van der Waals surface area (Å²) in [6.45, 7) is 3.66. The molecule has 1 aromatic heterocycles. The van der Waals surface area contributed by atoms with Crippen LogP contribution in [0.15, 0.2) is 65.8 Å². The Kier molecular flexibility index (Phi) is 6.49. The molecule has 0 radical (unpaired) electrons. The third-order valence-corrected chi connectivity index (χ3v) is 4.68. The van der Waals surface area contributed by atoms with Crippen molar-refractivity contribution in [2.24, 2.45) is 0 Å². The molecule has 3 rings (SSSR count). The van der Waals surface area contributed by atoms with Crippen LogP contribution in [-0.4, -0.2) is 33.7 Å². The molecule has 3 amide bonds. The lowest BCUT2D eigenvalue weighted by Crippen LogP contribution is -2.43. The van der Waals surface area contributed by atoms with E-state index in [9.17, 15) is 9.59 Å². The highest BCUT2D eigenvalue weighted by molar-refractivity contribution is 7.99. The minimum Gasteiger partial charge on any atom is -0.336 e. The number of nitrogens with one attached hydrogen (secondary N) is 3. The Morgan fingerprint density at radius 2 is 1.61 bits per heavy atom. The van der Waals surface area contributed by atoms with E-state index in [1.807, 2.05) is 74.5 Å². The van der Waals surface area contributed by atoms with Crippen LogP contribution in [0.3, 0.4) is 0 Å². The molecular formula is C21H22N4O2S. The zero-order valence-electron chi connectivity index (χ0n) is 15.7. The van der Waals surface area contributed by atoms with E-state index in [1.54, 1.807) is 0 Å². The maximum atomic E-state index is 12.0. The molecule has 0 fully saturated rings. The molecule has 2 aromatic carbocycles. The zero-order chi connectivity index (χ0) is 19.9. The molecule has 0 aliphatic rings. The largest absolute Gasteiger partial charge is 0.336 e. The zero-order valence-corrected chi connectivity index (χ0v) is 16.5. The van der Waals surface area contributed by atoms with Gasteiger partial charge in [-0.05, 0) is 13.8 Å². The molecule has 0 aliphatic carbocycles. The number of urea groups is 1. The van der Waals surface area contributed by atoms with Gasteiger partial charge in [0.2, 0.25) is 5.91 Å². The molecule has 6 nitrogen and oxygen atoms in total. The van der Waals surface area contributed by atoms with Gasteiger partial charge in [-0.3, -0.25) is 10.1 Å². The fourth-order valence-corrected chi connectivity index (χ4v) is 3.30. The van der Waals surface area contributed by atoms with E-state index < -0.39 is 6.03 Å². The minimum atomic E-state index is -0.491. The van der Waals surface area contributed by atoms with Gasteiger partial charge in [0.25, 0.3) is 0 Å². The van der Waals surface area contributed by atoms with Gasteiger partial charge in [0.05, 0.1) is 17.1 Å². The monoisotopic (exact) mass is 394 g/mol. The van der Waals surface area contributed by atoms with E-state index in [0.29, 0.717) is 5.16 Å². The van der Waals surface area contributed by atoms with Crippen LogP contribution in [0.4, 0.5) is 4.79 Å². The molecule has 144 valence electrons. The molecule has 0 spiro atoms. The Hall–Kier alpha value is -3.06. The number of nitrogens with zero attached hydrogens (tertiary/aromatic N) is 1. The van der Waals surface area contributed by atoms with Gasteiger partial charge in [0.15, 0.2) is 5.16 Å². The summed E-state index contributed by atoms with van der Waals surface area (Å²) in [6.07, 6.45) is 0. The first-order valence-corrected chi connectivity index (χ1v) is 9.95. The van der Waals surface area contributed by atoms with Crippen molar-refractivity contribution in [3.05, 3.63) is 60.7 Å². The van der Waals surface area contributed by atoms with Crippen LogP contribution in [0, 0.1) is 0 Å². The number of aromatic nitrogens is 2. The van der Waals surface area contributed by atoms with Crippen molar-refractivity contribution in [1.82, 2.24) is 20.6 Å². The first kappa shape index (κ1) is 19.7. The number of carbonyl (C=O) groups excluding carboxylic acids is 2. The molecule has 0 aliphatic heterocycles. The number of imide groups is 1. The molecule has 0 saturated carbocycles. The molecule has 0 saturated heterocycles. The molecule has 28 heavy (non-hydrogen) atoms. The van der Waals surface area contributed by atoms with Crippen molar-refractivity contribution in [1.29, 1.82) is 0 Å². The van der Waals surface area contributed by atoms with E-state index in [1.165, 1.54) is 11.8 Å². The van der Waals surface area contributed by atoms with Crippen molar-refractivity contribution in [3.8, 4) is 22.5 Å². The number of imidazole rings is 1. The van der Waals surface area contributed by atoms with Crippen LogP contribution < -0.4 is 10.6 Å². The Bertz CT molecular complexity index is 883. The molecule has 0 unspecified atom stereocenters. The minimum absolute atomic E-state index is 0.0348. The van der Waals surface area contributed by atoms with Gasteiger partial charge in [-0.25, -0.2) is 9.78 Å². The second kappa shape index (κ2) is 9.23. The normalized spacial score (nSPS) is 10.7. The molecular weight excluding hydrogens is 372 g/mol. The quantitative estimate of drug-likeness (QED) is 0.550. The second-order valence-corrected chi connectivity index (χ2v) is 7.43. The average Bonchev–Trinajstić information content (AvgIpc) is 3.11. The summed E-state index contributed by atoms with van der Waals surface area (Å²) in [5, 5.41) is 5.56. The summed E-state index contributed by atoms with van der Waals surface area (Å²) in [4.78, 5) is 31.6. The number of aromatic amines is 1. The van der Waals surface area contributed by atoms with Gasteiger partial charge in [-0.15, -0.1) is 0 Å². The van der Waals surface area contributed by atoms with Crippen LogP contribution in [0.2, 0.25) is 0 Å². The fraction of sp³-hybridized carbons (Fsp3) is 0.190. The number of hydrogen-bond acceptors (Lipinski definition) is 4. The fourth-order valence-electron chi connectivity index (χ4n) is 2.63. The van der Waals surface area contributed by atoms with Gasteiger partial charge in [0, 0.05) is 17.2 Å². The predicted molar refractivity (Wildman–Crippen MR) is 112 cm³/mol. The Balaban J connectivity index is 1.77. The van der Waals surface area contributed by atoms with Crippen LogP contribution in [0.25, 0.3) is 22.5 Å². The Labute approximate surface area is 168 Å². The van der Waals surface area contributed by atoms with Crippen molar-refractivity contribution in [2.45, 2.75) is 25.0 Å². The molecule has 7 heteroatoms. The number of carbonyl (C=O) groups is 2. The summed E-state index contributed by atoms with van der Waals surface area (Å²) in [5.74, 6) is -0.288. The maximum absolute atomic E-state index is 12.0. The number of H-pyrrole nitrogens is 1. The lowest BCUT2D eigenvalue weighted by molar-refractivity contribution is -0.117. The van der Waals surface area contributed by atoms with E-state index in [-0.39, 0.29) is 17.7 Å². The second-order valence-electron chi connectivity index (χ2n) is 6.46. The highest BCUT2D eigenvalue weighted by Gasteiger charge is 2.16. The summed E-state index contributed by atoms with van der Waals surface area (Å²) in [7, 11) is 0. The van der Waals surface area contributed by atoms with Crippen molar-refractivity contribution < 1.29 is 9.59 Å². The van der Waals surface area contributed by atoms with Crippen LogP contribution in [0.5, 0.6) is 0 Å². The summed E-state index contributed by atoms with van der Waals surface area (Å²) < 4.78 is 0. The highest BCUT2D eigenvalue weighted by Crippen LogP contribution is 2.32. The third-order valence-electron chi connectivity index (χ3n) is 3.80. The molecule has 0 bridgehead atoms. The number of rotatable bonds is 6. The van der Waals surface area contributed by atoms with E-state index in [4.69, 9.17) is 0 Å². The average molecular weight is 395 g/mol. The lowest BCUT2D eigenvalue weighted by atomic mass is 10.1. The lowest BCUT2D eigenvalue weighted by Gasteiger charge is -2.08. The first-order chi connectivity index (χ1) is 13.5. The summed E-state index contributed by atoms with van der Waals surface area (Å²) in [6, 6.07) is 19.3. The molecule has 0 atom stereocenters. The van der Waals surface area contributed by atoms with Gasteiger partial charge in [-0.1, -0.05) is 72.4 Å². The van der Waals surface area contributed by atoms with Gasteiger partial charge in [-0.2, -0.15) is 0 Å². The van der Waals surface area contributed by atoms with Crippen molar-refractivity contribution >= 4 is 23.7 Å². The molecule has 3 aromatic rings. The predicted octanol–water partition coefficient (Wildman–Crippen LogP) is 4.07. The van der Waals surface area contributed by atoms with Gasteiger partial charge < -0.3 is 10.3 Å². The maximum Gasteiger partial charge on any atom is 0.321 e.